The number of ether oxygens (including phenoxy) is 4. The van der Waals surface area contributed by atoms with Gasteiger partial charge in [0, 0.05) is 17.8 Å². The van der Waals surface area contributed by atoms with Crippen LogP contribution < -0.4 is 14.2 Å². The van der Waals surface area contributed by atoms with Gasteiger partial charge in [-0.05, 0) is 61.0 Å². The SMILES string of the molecule is CCCCCCCCCCOc1ccc(C(=O)Oc2ccc(C(=O)Oc3ccc(C(=O)C(F)(OC(F)(F)C(F)(F)C(F)(F)F)C(F)(F)F)cc3)cc2)cn1. The number of carbonyl (C=O) groups excluding carboxylic acids is 3. The van der Waals surface area contributed by atoms with Crippen LogP contribution in [0.1, 0.15) is 89.4 Å². The lowest BCUT2D eigenvalue weighted by atomic mass is 10.0. The number of hydrogen-bond donors (Lipinski definition) is 0. The summed E-state index contributed by atoms with van der Waals surface area (Å²) in [4.78, 5) is 41.3. The molecule has 1 heterocycles. The molecule has 0 saturated carbocycles. The highest BCUT2D eigenvalue weighted by Gasteiger charge is 2.79. The van der Waals surface area contributed by atoms with Crippen molar-refractivity contribution in [2.24, 2.45) is 0 Å². The molecule has 0 fully saturated rings. The smallest absolute Gasteiger partial charge is 0.462 e. The van der Waals surface area contributed by atoms with Gasteiger partial charge in [0.05, 0.1) is 17.7 Å². The maximum absolute atomic E-state index is 14.7. The van der Waals surface area contributed by atoms with Crippen molar-refractivity contribution >= 4 is 17.7 Å². The Labute approximate surface area is 300 Å². The van der Waals surface area contributed by atoms with Crippen molar-refractivity contribution in [3.05, 3.63) is 83.6 Å². The van der Waals surface area contributed by atoms with Gasteiger partial charge >= 0.3 is 42.2 Å². The molecule has 3 aromatic rings. The Morgan fingerprint density at radius 1 is 0.574 bits per heavy atom. The maximum atomic E-state index is 14.7. The Kier molecular flexibility index (Phi) is 14.5. The summed E-state index contributed by atoms with van der Waals surface area (Å²) in [7, 11) is 0. The number of nitrogens with zero attached hydrogens (tertiary/aromatic N) is 1. The first-order valence-electron chi connectivity index (χ1n) is 16.2. The molecule has 2 aromatic carbocycles. The average Bonchev–Trinajstić information content (AvgIpc) is 3.10. The number of hydrogen-bond acceptors (Lipinski definition) is 8. The second kappa shape index (κ2) is 18.0. The van der Waals surface area contributed by atoms with Crippen LogP contribution in [0.5, 0.6) is 17.4 Å². The second-order valence-corrected chi connectivity index (χ2v) is 11.6. The van der Waals surface area contributed by atoms with E-state index in [2.05, 4.69) is 16.6 Å². The number of aromatic nitrogens is 1. The molecule has 0 N–H and O–H groups in total. The number of benzene rings is 2. The summed E-state index contributed by atoms with van der Waals surface area (Å²) in [6, 6.07) is 9.25. The van der Waals surface area contributed by atoms with Crippen LogP contribution >= 0.6 is 0 Å². The van der Waals surface area contributed by atoms with E-state index in [1.54, 1.807) is 0 Å². The van der Waals surface area contributed by atoms with Gasteiger partial charge in [-0.1, -0.05) is 51.9 Å². The predicted octanol–water partition coefficient (Wildman–Crippen LogP) is 10.3. The zero-order chi connectivity index (χ0) is 40.4. The molecule has 296 valence electrons. The molecule has 0 radical (unpaired) electrons. The van der Waals surface area contributed by atoms with E-state index in [1.807, 2.05) is 0 Å². The monoisotopic (exact) mass is 787 g/mol. The topological polar surface area (TPSA) is 101 Å². The fourth-order valence-corrected chi connectivity index (χ4v) is 4.49. The van der Waals surface area contributed by atoms with Gasteiger partial charge < -0.3 is 14.2 Å². The largest absolute Gasteiger partial charge is 0.478 e. The predicted molar refractivity (Wildman–Crippen MR) is 166 cm³/mol. The summed E-state index contributed by atoms with van der Waals surface area (Å²) >= 11 is 0. The Morgan fingerprint density at radius 3 is 1.50 bits per heavy atom. The molecular weight excluding hydrogens is 755 g/mol. The van der Waals surface area contributed by atoms with Crippen molar-refractivity contribution in [2.45, 2.75) is 88.5 Å². The van der Waals surface area contributed by atoms with Gasteiger partial charge in [0.15, 0.2) is 0 Å². The third-order valence-electron chi connectivity index (χ3n) is 7.49. The molecule has 1 unspecified atom stereocenters. The van der Waals surface area contributed by atoms with Crippen LogP contribution in [0.15, 0.2) is 66.9 Å². The lowest BCUT2D eigenvalue weighted by molar-refractivity contribution is -0.470. The highest BCUT2D eigenvalue weighted by molar-refractivity contribution is 6.02. The molecule has 8 nitrogen and oxygen atoms in total. The van der Waals surface area contributed by atoms with E-state index in [9.17, 15) is 62.7 Å². The molecule has 0 aliphatic rings. The van der Waals surface area contributed by atoms with Gasteiger partial charge in [-0.3, -0.25) is 9.53 Å². The summed E-state index contributed by atoms with van der Waals surface area (Å²) in [5.41, 5.74) is -1.60. The van der Waals surface area contributed by atoms with E-state index in [0.29, 0.717) is 24.6 Å². The van der Waals surface area contributed by atoms with Crippen molar-refractivity contribution in [3.63, 3.8) is 0 Å². The lowest BCUT2D eigenvalue weighted by Crippen LogP contribution is -2.61. The highest BCUT2D eigenvalue weighted by atomic mass is 19.4. The van der Waals surface area contributed by atoms with E-state index in [-0.39, 0.29) is 29.0 Å². The first-order chi connectivity index (χ1) is 25.1. The molecule has 0 aliphatic carbocycles. The second-order valence-electron chi connectivity index (χ2n) is 11.6. The van der Waals surface area contributed by atoms with Gasteiger partial charge in [-0.15, -0.1) is 0 Å². The fraction of sp³-hybridized carbons (Fsp3) is 0.429. The van der Waals surface area contributed by atoms with Crippen LogP contribution in [0.3, 0.4) is 0 Å². The van der Waals surface area contributed by atoms with Crippen molar-refractivity contribution < 1.29 is 81.6 Å². The Hall–Kier alpha value is -4.81. The maximum Gasteiger partial charge on any atom is 0.462 e. The number of alkyl halides is 11. The molecule has 0 saturated heterocycles. The van der Waals surface area contributed by atoms with Gasteiger partial charge in [0.25, 0.3) is 0 Å². The average molecular weight is 788 g/mol. The molecule has 1 aromatic heterocycles. The van der Waals surface area contributed by atoms with Crippen LogP contribution in [0.2, 0.25) is 0 Å². The standard InChI is InChI=1S/C35H32F11NO7/c1-2-3-4-5-6-7-8-9-20-51-27-19-14-24(21-47-27)30(50)53-26-17-12-23(13-18-26)29(49)52-25-15-10-22(11-16-25)28(48)31(36,33(39,40)41)54-35(45,46)32(37,38)34(42,43)44/h10-19,21H,2-9,20H2,1H3. The number of ketones is 1. The van der Waals surface area contributed by atoms with Crippen LogP contribution in [-0.4, -0.2) is 59.6 Å². The summed E-state index contributed by atoms with van der Waals surface area (Å²) in [5.74, 6) is -19.0. The molecular formula is C35H32F11NO7. The lowest BCUT2D eigenvalue weighted by Gasteiger charge is -2.34. The van der Waals surface area contributed by atoms with Crippen LogP contribution in [-0.2, 0) is 4.74 Å². The number of carbonyl (C=O) groups is 3. The summed E-state index contributed by atoms with van der Waals surface area (Å²) < 4.78 is 163. The van der Waals surface area contributed by atoms with Gasteiger partial charge in [-0.25, -0.2) is 14.6 Å². The van der Waals surface area contributed by atoms with Crippen molar-refractivity contribution in [2.75, 3.05) is 6.61 Å². The van der Waals surface area contributed by atoms with Gasteiger partial charge in [-0.2, -0.15) is 48.3 Å². The number of halogens is 11. The zero-order valence-electron chi connectivity index (χ0n) is 28.2. The van der Waals surface area contributed by atoms with Crippen molar-refractivity contribution in [1.82, 2.24) is 4.98 Å². The third-order valence-corrected chi connectivity index (χ3v) is 7.49. The van der Waals surface area contributed by atoms with E-state index >= 15 is 0 Å². The fourth-order valence-electron chi connectivity index (χ4n) is 4.49. The van der Waals surface area contributed by atoms with Crippen LogP contribution in [0, 0.1) is 0 Å². The highest BCUT2D eigenvalue weighted by Crippen LogP contribution is 2.51. The third kappa shape index (κ3) is 11.1. The van der Waals surface area contributed by atoms with E-state index in [4.69, 9.17) is 14.2 Å². The first kappa shape index (κ1) is 43.6. The summed E-state index contributed by atoms with van der Waals surface area (Å²) in [5, 5.41) is 0. The zero-order valence-corrected chi connectivity index (χ0v) is 28.2. The molecule has 0 amide bonds. The van der Waals surface area contributed by atoms with Gasteiger partial charge in [0.2, 0.25) is 11.7 Å². The number of rotatable bonds is 19. The molecule has 3 rings (SSSR count). The Bertz CT molecular complexity index is 1700. The van der Waals surface area contributed by atoms with E-state index in [0.717, 1.165) is 31.4 Å². The number of unbranched alkanes of at least 4 members (excludes halogenated alkanes) is 7. The summed E-state index contributed by atoms with van der Waals surface area (Å²) in [6.45, 7) is 2.63. The molecule has 0 aliphatic heterocycles. The molecule has 0 bridgehead atoms. The van der Waals surface area contributed by atoms with E-state index < -0.39 is 59.3 Å². The molecule has 19 heteroatoms. The minimum absolute atomic E-state index is 0.0189. The number of pyridine rings is 1. The minimum atomic E-state index is -7.34. The van der Waals surface area contributed by atoms with Gasteiger partial charge in [0.1, 0.15) is 11.5 Å². The normalized spacial score (nSPS) is 13.6. The Balaban J connectivity index is 1.55. The van der Waals surface area contributed by atoms with Crippen molar-refractivity contribution in [1.29, 1.82) is 0 Å². The first-order valence-corrected chi connectivity index (χ1v) is 16.2. The number of Topliss-reactive ketones (excluding diaryl/α,β-unsaturated/α-hetero) is 1. The van der Waals surface area contributed by atoms with Crippen LogP contribution in [0.25, 0.3) is 0 Å². The summed E-state index contributed by atoms with van der Waals surface area (Å²) in [6.07, 6.45) is -10.9. The quantitative estimate of drug-likeness (QED) is 0.0389. The van der Waals surface area contributed by atoms with E-state index in [1.165, 1.54) is 62.6 Å². The minimum Gasteiger partial charge on any atom is -0.478 e. The van der Waals surface area contributed by atoms with Crippen molar-refractivity contribution in [3.8, 4) is 17.4 Å². The molecule has 0 spiro atoms. The molecule has 1 atom stereocenters. The Morgan fingerprint density at radius 2 is 1.04 bits per heavy atom. The molecule has 54 heavy (non-hydrogen) atoms. The van der Waals surface area contributed by atoms with Crippen LogP contribution in [0.4, 0.5) is 48.3 Å². The number of esters is 2.